The zero-order chi connectivity index (χ0) is 22.8. The number of imidazole rings is 1. The molecule has 3 aromatic carbocycles. The summed E-state index contributed by atoms with van der Waals surface area (Å²) in [5, 5.41) is 5.80. The van der Waals surface area contributed by atoms with Gasteiger partial charge in [0.05, 0.1) is 26.8 Å². The first-order valence-corrected chi connectivity index (χ1v) is 10.4. The molecule has 2 N–H and O–H groups in total. The fourth-order valence-corrected chi connectivity index (χ4v) is 3.74. The van der Waals surface area contributed by atoms with Crippen LogP contribution in [0.4, 0.5) is 15.8 Å². The normalized spacial score (nSPS) is 10.9. The van der Waals surface area contributed by atoms with E-state index in [4.69, 9.17) is 23.2 Å². The molecule has 0 saturated carbocycles. The van der Waals surface area contributed by atoms with E-state index in [0.717, 1.165) is 0 Å². The van der Waals surface area contributed by atoms with Crippen molar-refractivity contribution in [2.24, 2.45) is 0 Å². The van der Waals surface area contributed by atoms with Crippen LogP contribution >= 0.6 is 23.2 Å². The third kappa shape index (κ3) is 4.44. The second-order valence-corrected chi connectivity index (χ2v) is 7.82. The van der Waals surface area contributed by atoms with Crippen LogP contribution in [0.1, 0.15) is 6.92 Å². The number of hydrogen-bond donors (Lipinski definition) is 2. The summed E-state index contributed by atoms with van der Waals surface area (Å²) in [5.41, 5.74) is 2.27. The van der Waals surface area contributed by atoms with Crippen LogP contribution in [0, 0.1) is 5.82 Å². The van der Waals surface area contributed by atoms with Gasteiger partial charge < -0.3 is 15.2 Å². The maximum absolute atomic E-state index is 14.3. The van der Waals surface area contributed by atoms with Crippen molar-refractivity contribution in [3.05, 3.63) is 76.5 Å². The fraction of sp³-hybridized carbons (Fsp3) is 0.0870. The number of para-hydroxylation sites is 2. The molecule has 0 unspecified atom stereocenters. The highest BCUT2D eigenvalue weighted by atomic mass is 35.5. The zero-order valence-electron chi connectivity index (χ0n) is 16.8. The lowest BCUT2D eigenvalue weighted by Crippen LogP contribution is -2.20. The van der Waals surface area contributed by atoms with Crippen LogP contribution in [0.5, 0.6) is 0 Å². The summed E-state index contributed by atoms with van der Waals surface area (Å²) in [7, 11) is 0. The lowest BCUT2D eigenvalue weighted by Gasteiger charge is -2.13. The fourth-order valence-electron chi connectivity index (χ4n) is 3.35. The molecular formula is C23H17Cl2FN4O2. The second-order valence-electron chi connectivity index (χ2n) is 7.04. The standard InChI is InChI=1S/C23H17Cl2FN4O2/c1-13(31)27-14-9-10-17(26)19(11-14)28-21(32)12-30-20-8-3-2-7-18(20)29-23(30)15-5-4-6-16(24)22(15)25/h2-11H,12H2,1H3,(H,27,31)(H,28,32). The van der Waals surface area contributed by atoms with Crippen molar-refractivity contribution in [3.8, 4) is 11.4 Å². The van der Waals surface area contributed by atoms with Crippen molar-refractivity contribution in [1.82, 2.24) is 9.55 Å². The van der Waals surface area contributed by atoms with Gasteiger partial charge in [-0.1, -0.05) is 41.4 Å². The Balaban J connectivity index is 1.70. The Hall–Kier alpha value is -3.42. The molecule has 0 bridgehead atoms. The third-order valence-electron chi connectivity index (χ3n) is 4.71. The Morgan fingerprint density at radius 1 is 1.03 bits per heavy atom. The largest absolute Gasteiger partial charge is 0.326 e. The van der Waals surface area contributed by atoms with Gasteiger partial charge in [-0.25, -0.2) is 9.37 Å². The molecule has 0 aliphatic heterocycles. The number of carbonyl (C=O) groups excluding carboxylic acids is 2. The van der Waals surface area contributed by atoms with E-state index < -0.39 is 11.7 Å². The molecule has 0 atom stereocenters. The van der Waals surface area contributed by atoms with Gasteiger partial charge in [-0.3, -0.25) is 9.59 Å². The smallest absolute Gasteiger partial charge is 0.244 e. The first kappa shape index (κ1) is 21.8. The van der Waals surface area contributed by atoms with Crippen molar-refractivity contribution in [1.29, 1.82) is 0 Å². The highest BCUT2D eigenvalue weighted by Gasteiger charge is 2.19. The number of aromatic nitrogens is 2. The Morgan fingerprint density at radius 2 is 1.81 bits per heavy atom. The number of anilines is 2. The van der Waals surface area contributed by atoms with E-state index in [9.17, 15) is 14.0 Å². The van der Waals surface area contributed by atoms with E-state index in [1.54, 1.807) is 22.8 Å². The van der Waals surface area contributed by atoms with Gasteiger partial charge >= 0.3 is 0 Å². The minimum absolute atomic E-state index is 0.0481. The van der Waals surface area contributed by atoms with E-state index in [2.05, 4.69) is 15.6 Å². The van der Waals surface area contributed by atoms with Gasteiger partial charge in [0.25, 0.3) is 0 Å². The molecule has 0 radical (unpaired) electrons. The number of benzene rings is 3. The molecule has 0 fully saturated rings. The quantitative estimate of drug-likeness (QED) is 0.390. The first-order valence-electron chi connectivity index (χ1n) is 9.60. The predicted molar refractivity (Wildman–Crippen MR) is 125 cm³/mol. The average molecular weight is 471 g/mol. The van der Waals surface area contributed by atoms with Gasteiger partial charge in [-0.2, -0.15) is 0 Å². The van der Waals surface area contributed by atoms with Gasteiger partial charge in [0, 0.05) is 18.2 Å². The number of nitrogens with one attached hydrogen (secondary N) is 2. The highest BCUT2D eigenvalue weighted by Crippen LogP contribution is 2.34. The van der Waals surface area contributed by atoms with E-state index in [0.29, 0.717) is 38.2 Å². The van der Waals surface area contributed by atoms with E-state index >= 15 is 0 Å². The minimum atomic E-state index is -0.624. The SMILES string of the molecule is CC(=O)Nc1ccc(F)c(NC(=O)Cn2c(-c3cccc(Cl)c3Cl)nc3ccccc32)c1. The van der Waals surface area contributed by atoms with Crippen LogP contribution < -0.4 is 10.6 Å². The maximum atomic E-state index is 14.3. The molecule has 32 heavy (non-hydrogen) atoms. The molecule has 9 heteroatoms. The molecular weight excluding hydrogens is 454 g/mol. The lowest BCUT2D eigenvalue weighted by atomic mass is 10.2. The van der Waals surface area contributed by atoms with E-state index in [-0.39, 0.29) is 18.1 Å². The number of nitrogens with zero attached hydrogens (tertiary/aromatic N) is 2. The van der Waals surface area contributed by atoms with Crippen molar-refractivity contribution in [2.75, 3.05) is 10.6 Å². The van der Waals surface area contributed by atoms with Crippen molar-refractivity contribution in [2.45, 2.75) is 13.5 Å². The molecule has 4 aromatic rings. The van der Waals surface area contributed by atoms with Crippen LogP contribution in [0.2, 0.25) is 10.0 Å². The summed E-state index contributed by atoms with van der Waals surface area (Å²) in [6.07, 6.45) is 0. The number of halogens is 3. The molecule has 6 nitrogen and oxygen atoms in total. The Labute approximate surface area is 193 Å². The van der Waals surface area contributed by atoms with Gasteiger partial charge in [0.1, 0.15) is 18.2 Å². The first-order chi connectivity index (χ1) is 15.3. The molecule has 2 amide bonds. The Kier molecular flexibility index (Phi) is 6.12. The summed E-state index contributed by atoms with van der Waals surface area (Å²) in [5.74, 6) is -0.949. The lowest BCUT2D eigenvalue weighted by molar-refractivity contribution is -0.116. The molecule has 0 aliphatic rings. The van der Waals surface area contributed by atoms with Crippen molar-refractivity contribution < 1.29 is 14.0 Å². The van der Waals surface area contributed by atoms with Crippen LogP contribution in [0.15, 0.2) is 60.7 Å². The monoisotopic (exact) mass is 470 g/mol. The number of hydrogen-bond acceptors (Lipinski definition) is 3. The number of amides is 2. The molecule has 0 saturated heterocycles. The molecule has 4 rings (SSSR count). The number of carbonyl (C=O) groups is 2. The van der Waals surface area contributed by atoms with Gasteiger partial charge in [-0.05, 0) is 42.5 Å². The van der Waals surface area contributed by atoms with Gasteiger partial charge in [0.2, 0.25) is 11.8 Å². The summed E-state index contributed by atoms with van der Waals surface area (Å²) in [4.78, 5) is 28.8. The number of rotatable bonds is 5. The van der Waals surface area contributed by atoms with E-state index in [1.165, 1.54) is 25.1 Å². The average Bonchev–Trinajstić information content (AvgIpc) is 3.10. The minimum Gasteiger partial charge on any atom is -0.326 e. The third-order valence-corrected chi connectivity index (χ3v) is 5.53. The summed E-state index contributed by atoms with van der Waals surface area (Å²) in [6.45, 7) is 1.19. The van der Waals surface area contributed by atoms with E-state index in [1.807, 2.05) is 24.3 Å². The topological polar surface area (TPSA) is 76.0 Å². The van der Waals surface area contributed by atoms with Crippen LogP contribution in [0.3, 0.4) is 0 Å². The molecule has 0 aliphatic carbocycles. The molecule has 162 valence electrons. The second kappa shape index (κ2) is 8.98. The number of fused-ring (bicyclic) bond motifs is 1. The summed E-state index contributed by atoms with van der Waals surface area (Å²) >= 11 is 12.6. The molecule has 1 aromatic heterocycles. The predicted octanol–water partition coefficient (Wildman–Crippen LogP) is 5.75. The van der Waals surface area contributed by atoms with Crippen LogP contribution in [0.25, 0.3) is 22.4 Å². The summed E-state index contributed by atoms with van der Waals surface area (Å²) in [6, 6.07) is 16.4. The van der Waals surface area contributed by atoms with Crippen molar-refractivity contribution >= 4 is 57.4 Å². The van der Waals surface area contributed by atoms with Gasteiger partial charge in [-0.15, -0.1) is 0 Å². The van der Waals surface area contributed by atoms with Crippen LogP contribution in [-0.2, 0) is 16.1 Å². The summed E-state index contributed by atoms with van der Waals surface area (Å²) < 4.78 is 16.0. The Bertz CT molecular complexity index is 1350. The Morgan fingerprint density at radius 3 is 2.59 bits per heavy atom. The molecule has 1 heterocycles. The zero-order valence-corrected chi connectivity index (χ0v) is 18.3. The maximum Gasteiger partial charge on any atom is 0.244 e. The molecule has 0 spiro atoms. The van der Waals surface area contributed by atoms with Gasteiger partial charge in [0.15, 0.2) is 0 Å². The van der Waals surface area contributed by atoms with Crippen molar-refractivity contribution in [3.63, 3.8) is 0 Å². The van der Waals surface area contributed by atoms with Crippen LogP contribution in [-0.4, -0.2) is 21.4 Å². The highest BCUT2D eigenvalue weighted by molar-refractivity contribution is 6.43.